The minimum atomic E-state index is 0.0640. The summed E-state index contributed by atoms with van der Waals surface area (Å²) in [5, 5.41) is 0.732. The van der Waals surface area contributed by atoms with Crippen molar-refractivity contribution >= 4 is 22.9 Å². The van der Waals surface area contributed by atoms with E-state index in [0.717, 1.165) is 17.0 Å². The van der Waals surface area contributed by atoms with Crippen molar-refractivity contribution in [2.45, 2.75) is 19.4 Å². The summed E-state index contributed by atoms with van der Waals surface area (Å²) in [6.45, 7) is 2.06. The number of nitrogens with two attached hydrogens (primary N) is 1. The molecule has 2 aromatic rings. The average molecular weight is 268 g/mol. The van der Waals surface area contributed by atoms with Crippen LogP contribution in [0.1, 0.15) is 22.0 Å². The zero-order chi connectivity index (χ0) is 12.3. The Labute approximate surface area is 110 Å². The molecule has 3 N–H and O–H groups in total. The molecule has 0 saturated heterocycles. The van der Waals surface area contributed by atoms with E-state index in [9.17, 15) is 0 Å². The smallest absolute Gasteiger partial charge is 0.0794 e. The number of nitrogens with zero attached hydrogens (tertiary/aromatic N) is 1. The summed E-state index contributed by atoms with van der Waals surface area (Å²) in [4.78, 5) is 5.27. The van der Waals surface area contributed by atoms with Crippen LogP contribution in [0.3, 0.4) is 0 Å². The largest absolute Gasteiger partial charge is 0.271 e. The molecule has 0 spiro atoms. The number of aryl methyl sites for hydroxylation is 1. The number of aromatic nitrogens is 1. The Balaban J connectivity index is 2.25. The van der Waals surface area contributed by atoms with Gasteiger partial charge < -0.3 is 0 Å². The van der Waals surface area contributed by atoms with Crippen LogP contribution in [0.2, 0.25) is 5.02 Å². The molecule has 90 valence electrons. The lowest BCUT2D eigenvalue weighted by molar-refractivity contribution is 0.552. The Morgan fingerprint density at radius 2 is 2.35 bits per heavy atom. The monoisotopic (exact) mass is 267 g/mol. The van der Waals surface area contributed by atoms with Gasteiger partial charge in [0.2, 0.25) is 0 Å². The number of thiazole rings is 1. The molecule has 5 heteroatoms. The standard InChI is InChI=1S/C12H14ClN3S/c1-8-2-3-9(13)4-11(8)12(16-14)5-10-6-15-7-17-10/h2-4,6-7,12,16H,5,14H2,1H3. The number of hydrogen-bond donors (Lipinski definition) is 2. The predicted octanol–water partition coefficient (Wildman–Crippen LogP) is 2.85. The Bertz CT molecular complexity index is 485. The number of hydrazine groups is 1. The molecule has 1 unspecified atom stereocenters. The second-order valence-electron chi connectivity index (χ2n) is 3.89. The van der Waals surface area contributed by atoms with Gasteiger partial charge in [0, 0.05) is 22.5 Å². The summed E-state index contributed by atoms with van der Waals surface area (Å²) in [5.74, 6) is 5.63. The predicted molar refractivity (Wildman–Crippen MR) is 72.1 cm³/mol. The number of nitrogens with one attached hydrogen (secondary N) is 1. The van der Waals surface area contributed by atoms with Crippen molar-refractivity contribution in [1.29, 1.82) is 0 Å². The van der Waals surface area contributed by atoms with Crippen molar-refractivity contribution in [3.8, 4) is 0 Å². The highest BCUT2D eigenvalue weighted by molar-refractivity contribution is 7.09. The zero-order valence-corrected chi connectivity index (χ0v) is 11.1. The number of benzene rings is 1. The van der Waals surface area contributed by atoms with Crippen molar-refractivity contribution < 1.29 is 0 Å². The van der Waals surface area contributed by atoms with Crippen LogP contribution >= 0.6 is 22.9 Å². The van der Waals surface area contributed by atoms with Crippen LogP contribution in [0, 0.1) is 6.92 Å². The van der Waals surface area contributed by atoms with E-state index >= 15 is 0 Å². The van der Waals surface area contributed by atoms with Crippen LogP contribution in [0.15, 0.2) is 29.9 Å². The quantitative estimate of drug-likeness (QED) is 0.662. The number of hydrogen-bond acceptors (Lipinski definition) is 4. The summed E-state index contributed by atoms with van der Waals surface area (Å²) in [6.07, 6.45) is 2.69. The Morgan fingerprint density at radius 1 is 1.53 bits per heavy atom. The van der Waals surface area contributed by atoms with Gasteiger partial charge >= 0.3 is 0 Å². The van der Waals surface area contributed by atoms with Gasteiger partial charge in [-0.15, -0.1) is 11.3 Å². The molecule has 0 radical (unpaired) electrons. The van der Waals surface area contributed by atoms with Crippen molar-refractivity contribution in [2.75, 3.05) is 0 Å². The van der Waals surface area contributed by atoms with Gasteiger partial charge in [0.1, 0.15) is 0 Å². The third-order valence-electron chi connectivity index (χ3n) is 2.71. The Hall–Kier alpha value is -0.940. The maximum Gasteiger partial charge on any atom is 0.0794 e. The van der Waals surface area contributed by atoms with Crippen molar-refractivity contribution in [1.82, 2.24) is 10.4 Å². The van der Waals surface area contributed by atoms with Gasteiger partial charge in [-0.2, -0.15) is 0 Å². The van der Waals surface area contributed by atoms with E-state index in [0.29, 0.717) is 0 Å². The third-order valence-corrected chi connectivity index (χ3v) is 3.74. The number of rotatable bonds is 4. The molecule has 0 bridgehead atoms. The highest BCUT2D eigenvalue weighted by Gasteiger charge is 2.14. The Kier molecular flexibility index (Phi) is 4.12. The summed E-state index contributed by atoms with van der Waals surface area (Å²) in [7, 11) is 0. The summed E-state index contributed by atoms with van der Waals surface area (Å²) >= 11 is 7.65. The topological polar surface area (TPSA) is 50.9 Å². The fraction of sp³-hybridized carbons (Fsp3) is 0.250. The molecule has 0 aliphatic rings. The normalized spacial score (nSPS) is 12.6. The summed E-state index contributed by atoms with van der Waals surface area (Å²) in [6, 6.07) is 5.92. The molecule has 1 atom stereocenters. The molecule has 1 heterocycles. The first-order valence-electron chi connectivity index (χ1n) is 5.30. The molecule has 0 aliphatic carbocycles. The van der Waals surface area contributed by atoms with Gasteiger partial charge in [0.05, 0.1) is 11.6 Å². The summed E-state index contributed by atoms with van der Waals surface area (Å²) < 4.78 is 0. The maximum atomic E-state index is 6.02. The van der Waals surface area contributed by atoms with Crippen molar-refractivity contribution in [3.63, 3.8) is 0 Å². The van der Waals surface area contributed by atoms with Gasteiger partial charge in [-0.25, -0.2) is 0 Å². The van der Waals surface area contributed by atoms with E-state index in [4.69, 9.17) is 17.4 Å². The third kappa shape index (κ3) is 3.04. The van der Waals surface area contributed by atoms with Crippen molar-refractivity contribution in [3.05, 3.63) is 50.9 Å². The first-order valence-corrected chi connectivity index (χ1v) is 6.56. The van der Waals surface area contributed by atoms with E-state index in [2.05, 4.69) is 17.3 Å². The fourth-order valence-corrected chi connectivity index (χ4v) is 2.61. The van der Waals surface area contributed by atoms with E-state index in [-0.39, 0.29) is 6.04 Å². The van der Waals surface area contributed by atoms with Gasteiger partial charge in [-0.3, -0.25) is 16.3 Å². The Morgan fingerprint density at radius 3 is 3.00 bits per heavy atom. The second kappa shape index (κ2) is 5.60. The van der Waals surface area contributed by atoms with Crippen LogP contribution in [0.4, 0.5) is 0 Å². The van der Waals surface area contributed by atoms with E-state index in [1.807, 2.05) is 29.9 Å². The lowest BCUT2D eigenvalue weighted by atomic mass is 9.99. The molecule has 1 aromatic carbocycles. The molecule has 0 aliphatic heterocycles. The average Bonchev–Trinajstić information content (AvgIpc) is 2.82. The minimum absolute atomic E-state index is 0.0640. The SMILES string of the molecule is Cc1ccc(Cl)cc1C(Cc1cncs1)NN. The first-order chi connectivity index (χ1) is 8.20. The number of halogens is 1. The molecule has 0 saturated carbocycles. The lowest BCUT2D eigenvalue weighted by Gasteiger charge is -2.18. The minimum Gasteiger partial charge on any atom is -0.271 e. The van der Waals surface area contributed by atoms with Gasteiger partial charge in [0.25, 0.3) is 0 Å². The molecular formula is C12H14ClN3S. The molecular weight excluding hydrogens is 254 g/mol. The van der Waals surface area contributed by atoms with Crippen LogP contribution in [0.25, 0.3) is 0 Å². The molecule has 0 amide bonds. The highest BCUT2D eigenvalue weighted by Crippen LogP contribution is 2.25. The molecule has 0 fully saturated rings. The van der Waals surface area contributed by atoms with Crippen molar-refractivity contribution in [2.24, 2.45) is 5.84 Å². The molecule has 1 aromatic heterocycles. The highest BCUT2D eigenvalue weighted by atomic mass is 35.5. The van der Waals surface area contributed by atoms with E-state index < -0.39 is 0 Å². The van der Waals surface area contributed by atoms with Crippen LogP contribution < -0.4 is 11.3 Å². The zero-order valence-electron chi connectivity index (χ0n) is 9.48. The first kappa shape index (κ1) is 12.5. The van der Waals surface area contributed by atoms with Crippen LogP contribution in [-0.4, -0.2) is 4.98 Å². The van der Waals surface area contributed by atoms with Crippen LogP contribution in [-0.2, 0) is 6.42 Å². The second-order valence-corrected chi connectivity index (χ2v) is 5.30. The maximum absolute atomic E-state index is 6.02. The summed E-state index contributed by atoms with van der Waals surface area (Å²) in [5.41, 5.74) is 6.99. The van der Waals surface area contributed by atoms with E-state index in [1.54, 1.807) is 11.3 Å². The van der Waals surface area contributed by atoms with Gasteiger partial charge in [-0.05, 0) is 30.2 Å². The molecule has 17 heavy (non-hydrogen) atoms. The van der Waals surface area contributed by atoms with Gasteiger partial charge in [-0.1, -0.05) is 17.7 Å². The fourth-order valence-electron chi connectivity index (χ4n) is 1.79. The van der Waals surface area contributed by atoms with Crippen LogP contribution in [0.5, 0.6) is 0 Å². The molecule has 3 nitrogen and oxygen atoms in total. The molecule has 2 rings (SSSR count). The van der Waals surface area contributed by atoms with E-state index in [1.165, 1.54) is 10.4 Å². The van der Waals surface area contributed by atoms with Gasteiger partial charge in [0.15, 0.2) is 0 Å². The lowest BCUT2D eigenvalue weighted by Crippen LogP contribution is -2.29.